The monoisotopic (exact) mass is 260 g/mol. The summed E-state index contributed by atoms with van der Waals surface area (Å²) in [6.07, 6.45) is 0.949. The van der Waals surface area contributed by atoms with E-state index in [1.54, 1.807) is 6.07 Å². The predicted molar refractivity (Wildman–Crippen MR) is 77.2 cm³/mol. The van der Waals surface area contributed by atoms with Crippen LogP contribution in [-0.2, 0) is 6.42 Å². The maximum Gasteiger partial charge on any atom is 0.265 e. The van der Waals surface area contributed by atoms with Crippen molar-refractivity contribution in [1.29, 1.82) is 0 Å². The van der Waals surface area contributed by atoms with Crippen LogP contribution < -0.4 is 11.1 Å². The predicted octanol–water partition coefficient (Wildman–Crippen LogP) is 3.45. The maximum atomic E-state index is 12.1. The zero-order chi connectivity index (χ0) is 13.1. The Kier molecular flexibility index (Phi) is 3.67. The molecule has 0 saturated carbocycles. The maximum absolute atomic E-state index is 12.1. The van der Waals surface area contributed by atoms with Gasteiger partial charge in [-0.05, 0) is 37.1 Å². The number of aryl methyl sites for hydroxylation is 2. The van der Waals surface area contributed by atoms with Gasteiger partial charge in [0.15, 0.2) is 0 Å². The van der Waals surface area contributed by atoms with Gasteiger partial charge in [0.1, 0.15) is 0 Å². The summed E-state index contributed by atoms with van der Waals surface area (Å²) in [5.74, 6) is -0.0966. The molecule has 3 N–H and O–H groups in total. The van der Waals surface area contributed by atoms with Crippen molar-refractivity contribution in [2.24, 2.45) is 0 Å². The van der Waals surface area contributed by atoms with Crippen molar-refractivity contribution in [2.45, 2.75) is 20.3 Å². The van der Waals surface area contributed by atoms with Gasteiger partial charge in [0.25, 0.3) is 5.91 Å². The van der Waals surface area contributed by atoms with Crippen LogP contribution in [0.5, 0.6) is 0 Å². The topological polar surface area (TPSA) is 55.1 Å². The highest BCUT2D eigenvalue weighted by Gasteiger charge is 2.11. The van der Waals surface area contributed by atoms with E-state index in [4.69, 9.17) is 5.73 Å². The lowest BCUT2D eigenvalue weighted by Gasteiger charge is -2.10. The Bertz CT molecular complexity index is 555. The van der Waals surface area contributed by atoms with Crippen LogP contribution in [-0.4, -0.2) is 5.91 Å². The van der Waals surface area contributed by atoms with Gasteiger partial charge < -0.3 is 11.1 Å². The van der Waals surface area contributed by atoms with Gasteiger partial charge >= 0.3 is 0 Å². The molecule has 4 heteroatoms. The quantitative estimate of drug-likeness (QED) is 0.830. The smallest absolute Gasteiger partial charge is 0.265 e. The lowest BCUT2D eigenvalue weighted by molar-refractivity contribution is 0.103. The molecule has 3 nitrogen and oxygen atoms in total. The fourth-order valence-corrected chi connectivity index (χ4v) is 2.57. The standard InChI is InChI=1S/C14H16N2OS/c1-3-10-7-8-12(18-10)14(17)16-13-9(2)5-4-6-11(13)15/h4-8H,3,15H2,1-2H3,(H,16,17). The molecule has 0 saturated heterocycles. The average Bonchev–Trinajstić information content (AvgIpc) is 2.82. The zero-order valence-electron chi connectivity index (χ0n) is 10.5. The summed E-state index contributed by atoms with van der Waals surface area (Å²) in [4.78, 5) is 14.0. The summed E-state index contributed by atoms with van der Waals surface area (Å²) >= 11 is 1.52. The Balaban J connectivity index is 2.21. The lowest BCUT2D eigenvalue weighted by Crippen LogP contribution is -2.12. The van der Waals surface area contributed by atoms with Gasteiger partial charge in [0.05, 0.1) is 16.3 Å². The molecule has 0 spiro atoms. The molecule has 0 aliphatic heterocycles. The number of para-hydroxylation sites is 1. The van der Waals surface area contributed by atoms with Gasteiger partial charge in [-0.3, -0.25) is 4.79 Å². The third-order valence-corrected chi connectivity index (χ3v) is 4.01. The second kappa shape index (κ2) is 5.23. The van der Waals surface area contributed by atoms with Crippen LogP contribution >= 0.6 is 11.3 Å². The van der Waals surface area contributed by atoms with Crippen LogP contribution in [0.3, 0.4) is 0 Å². The zero-order valence-corrected chi connectivity index (χ0v) is 11.3. The number of nitrogens with two attached hydrogens (primary N) is 1. The normalized spacial score (nSPS) is 10.3. The number of thiophene rings is 1. The first-order valence-corrected chi connectivity index (χ1v) is 6.68. The Labute approximate surface area is 111 Å². The molecule has 2 rings (SSSR count). The van der Waals surface area contributed by atoms with Crippen molar-refractivity contribution < 1.29 is 4.79 Å². The lowest BCUT2D eigenvalue weighted by atomic mass is 10.1. The molecule has 1 aromatic carbocycles. The molecule has 0 atom stereocenters. The molecule has 1 aromatic heterocycles. The van der Waals surface area contributed by atoms with Gasteiger partial charge in [0.2, 0.25) is 0 Å². The minimum atomic E-state index is -0.0966. The van der Waals surface area contributed by atoms with E-state index in [0.29, 0.717) is 11.4 Å². The molecule has 1 heterocycles. The molecule has 0 unspecified atom stereocenters. The summed E-state index contributed by atoms with van der Waals surface area (Å²) < 4.78 is 0. The van der Waals surface area contributed by atoms with Gasteiger partial charge in [-0.2, -0.15) is 0 Å². The first kappa shape index (κ1) is 12.6. The first-order chi connectivity index (χ1) is 8.61. The molecule has 0 aliphatic rings. The molecule has 0 radical (unpaired) electrons. The number of amides is 1. The van der Waals surface area contributed by atoms with Gasteiger partial charge in [-0.15, -0.1) is 11.3 Å². The van der Waals surface area contributed by atoms with E-state index >= 15 is 0 Å². The fourth-order valence-electron chi connectivity index (χ4n) is 1.73. The second-order valence-electron chi connectivity index (χ2n) is 4.11. The van der Waals surface area contributed by atoms with Crippen molar-refractivity contribution >= 4 is 28.6 Å². The third kappa shape index (κ3) is 2.54. The molecule has 0 aliphatic carbocycles. The van der Waals surface area contributed by atoms with Crippen LogP contribution in [0.1, 0.15) is 27.0 Å². The van der Waals surface area contributed by atoms with Crippen LogP contribution in [0, 0.1) is 6.92 Å². The third-order valence-electron chi connectivity index (χ3n) is 2.78. The van der Waals surface area contributed by atoms with E-state index in [2.05, 4.69) is 12.2 Å². The number of hydrogen-bond donors (Lipinski definition) is 2. The minimum absolute atomic E-state index is 0.0966. The average molecular weight is 260 g/mol. The Morgan fingerprint density at radius 2 is 2.11 bits per heavy atom. The van der Waals surface area contributed by atoms with Gasteiger partial charge in [-0.25, -0.2) is 0 Å². The summed E-state index contributed by atoms with van der Waals surface area (Å²) in [6.45, 7) is 4.00. The highest BCUT2D eigenvalue weighted by Crippen LogP contribution is 2.24. The second-order valence-corrected chi connectivity index (χ2v) is 5.28. The SMILES string of the molecule is CCc1ccc(C(=O)Nc2c(C)cccc2N)s1. The Hall–Kier alpha value is -1.81. The molecule has 2 aromatic rings. The van der Waals surface area contributed by atoms with Crippen molar-refractivity contribution in [1.82, 2.24) is 0 Å². The van der Waals surface area contributed by atoms with Crippen molar-refractivity contribution in [2.75, 3.05) is 11.1 Å². The molecule has 1 amide bonds. The molecule has 18 heavy (non-hydrogen) atoms. The van der Waals surface area contributed by atoms with Crippen LogP contribution in [0.25, 0.3) is 0 Å². The van der Waals surface area contributed by atoms with E-state index in [1.165, 1.54) is 16.2 Å². The number of carbonyl (C=O) groups excluding carboxylic acids is 1. The van der Waals surface area contributed by atoms with Crippen molar-refractivity contribution in [3.8, 4) is 0 Å². The Morgan fingerprint density at radius 3 is 2.72 bits per heavy atom. The van der Waals surface area contributed by atoms with Gasteiger partial charge in [-0.1, -0.05) is 19.1 Å². The number of carbonyl (C=O) groups is 1. The van der Waals surface area contributed by atoms with Crippen LogP contribution in [0.2, 0.25) is 0 Å². The molecule has 0 fully saturated rings. The number of rotatable bonds is 3. The number of nitrogens with one attached hydrogen (secondary N) is 1. The highest BCUT2D eigenvalue weighted by atomic mass is 32.1. The number of benzene rings is 1. The van der Waals surface area contributed by atoms with E-state index in [1.807, 2.05) is 31.2 Å². The molecular weight excluding hydrogens is 244 g/mol. The molecule has 94 valence electrons. The molecule has 0 bridgehead atoms. The van der Waals surface area contributed by atoms with Crippen LogP contribution in [0.15, 0.2) is 30.3 Å². The molecular formula is C14H16N2OS. The summed E-state index contributed by atoms with van der Waals surface area (Å²) in [6, 6.07) is 9.43. The summed E-state index contributed by atoms with van der Waals surface area (Å²) in [7, 11) is 0. The van der Waals surface area contributed by atoms with Crippen molar-refractivity contribution in [3.05, 3.63) is 45.6 Å². The van der Waals surface area contributed by atoms with E-state index in [0.717, 1.165) is 16.9 Å². The van der Waals surface area contributed by atoms with Crippen molar-refractivity contribution in [3.63, 3.8) is 0 Å². The van der Waals surface area contributed by atoms with Crippen LogP contribution in [0.4, 0.5) is 11.4 Å². The van der Waals surface area contributed by atoms with Gasteiger partial charge in [0, 0.05) is 4.88 Å². The highest BCUT2D eigenvalue weighted by molar-refractivity contribution is 7.14. The number of hydrogen-bond acceptors (Lipinski definition) is 3. The largest absolute Gasteiger partial charge is 0.397 e. The number of nitrogen functional groups attached to an aromatic ring is 1. The van der Waals surface area contributed by atoms with E-state index < -0.39 is 0 Å². The summed E-state index contributed by atoms with van der Waals surface area (Å²) in [5.41, 5.74) is 8.13. The fraction of sp³-hybridized carbons (Fsp3) is 0.214. The van der Waals surface area contributed by atoms with E-state index in [-0.39, 0.29) is 5.91 Å². The van der Waals surface area contributed by atoms with E-state index in [9.17, 15) is 4.79 Å². The Morgan fingerprint density at radius 1 is 1.33 bits per heavy atom. The summed E-state index contributed by atoms with van der Waals surface area (Å²) in [5, 5.41) is 2.88. The number of anilines is 2. The first-order valence-electron chi connectivity index (χ1n) is 5.87. The minimum Gasteiger partial charge on any atom is -0.397 e.